The number of aromatic amines is 1. The molecule has 0 aromatic carbocycles. The second-order valence-corrected chi connectivity index (χ2v) is 3.30. The number of nitrogens with one attached hydrogen (secondary N) is 2. The summed E-state index contributed by atoms with van der Waals surface area (Å²) in [6, 6.07) is 0.262. The van der Waals surface area contributed by atoms with Crippen molar-refractivity contribution in [1.82, 2.24) is 15.2 Å². The fourth-order valence-corrected chi connectivity index (χ4v) is 0.955. The van der Waals surface area contributed by atoms with E-state index in [1.54, 1.807) is 0 Å². The van der Waals surface area contributed by atoms with Gasteiger partial charge in [0.15, 0.2) is 0 Å². The lowest BCUT2D eigenvalue weighted by atomic mass is 10.3. The summed E-state index contributed by atoms with van der Waals surface area (Å²) in [5.41, 5.74) is 0. The van der Waals surface area contributed by atoms with Crippen LogP contribution in [-0.2, 0) is 11.2 Å². The molecule has 0 aliphatic heterocycles. The van der Waals surface area contributed by atoms with Crippen LogP contribution in [-0.4, -0.2) is 32.3 Å². The molecule has 0 atom stereocenters. The number of rotatable bonds is 5. The van der Waals surface area contributed by atoms with Gasteiger partial charge in [0.1, 0.15) is 5.82 Å². The molecule has 1 aromatic rings. The Kier molecular flexibility index (Phi) is 3.44. The number of H-pyrrole nitrogens is 1. The van der Waals surface area contributed by atoms with Gasteiger partial charge >= 0.3 is 5.97 Å². The van der Waals surface area contributed by atoms with Crippen molar-refractivity contribution in [2.75, 3.05) is 5.32 Å². The lowest BCUT2D eigenvalue weighted by molar-refractivity contribution is -0.137. The van der Waals surface area contributed by atoms with Crippen LogP contribution >= 0.6 is 0 Å². The molecule has 0 amide bonds. The van der Waals surface area contributed by atoms with Crippen molar-refractivity contribution in [1.29, 1.82) is 0 Å². The first-order valence-corrected chi connectivity index (χ1v) is 4.47. The lowest BCUT2D eigenvalue weighted by Crippen LogP contribution is -2.10. The minimum Gasteiger partial charge on any atom is -0.481 e. The van der Waals surface area contributed by atoms with Gasteiger partial charge in [-0.25, -0.2) is 0 Å². The SMILES string of the molecule is CC(C)Nc1n[nH]c(CCC(=O)O)n1. The van der Waals surface area contributed by atoms with Crippen molar-refractivity contribution in [3.63, 3.8) is 0 Å². The van der Waals surface area contributed by atoms with Crippen LogP contribution in [0.25, 0.3) is 0 Å². The third-order valence-electron chi connectivity index (χ3n) is 1.53. The monoisotopic (exact) mass is 198 g/mol. The van der Waals surface area contributed by atoms with Gasteiger partial charge in [0.05, 0.1) is 6.42 Å². The maximum atomic E-state index is 10.3. The number of aromatic nitrogens is 3. The van der Waals surface area contributed by atoms with E-state index in [4.69, 9.17) is 5.11 Å². The van der Waals surface area contributed by atoms with Gasteiger partial charge in [0.25, 0.3) is 0 Å². The predicted molar refractivity (Wildman–Crippen MR) is 51.1 cm³/mol. The van der Waals surface area contributed by atoms with E-state index in [0.29, 0.717) is 18.2 Å². The summed E-state index contributed by atoms with van der Waals surface area (Å²) in [6.07, 6.45) is 0.443. The number of hydrogen-bond donors (Lipinski definition) is 3. The Morgan fingerprint density at radius 3 is 2.93 bits per heavy atom. The van der Waals surface area contributed by atoms with E-state index in [1.807, 2.05) is 13.8 Å². The third-order valence-corrected chi connectivity index (χ3v) is 1.53. The van der Waals surface area contributed by atoms with Crippen LogP contribution in [0.1, 0.15) is 26.1 Å². The molecular formula is C8H14N4O2. The lowest BCUT2D eigenvalue weighted by Gasteiger charge is -2.02. The van der Waals surface area contributed by atoms with Gasteiger partial charge in [0, 0.05) is 12.5 Å². The van der Waals surface area contributed by atoms with E-state index in [9.17, 15) is 4.79 Å². The summed E-state index contributed by atoms with van der Waals surface area (Å²) in [5, 5.41) is 18.0. The maximum Gasteiger partial charge on any atom is 0.303 e. The first-order chi connectivity index (χ1) is 6.58. The van der Waals surface area contributed by atoms with Gasteiger partial charge in [-0.3, -0.25) is 9.89 Å². The molecule has 0 spiro atoms. The molecule has 1 rings (SSSR count). The molecule has 0 unspecified atom stereocenters. The van der Waals surface area contributed by atoms with E-state index in [-0.39, 0.29) is 12.5 Å². The average Bonchev–Trinajstić information content (AvgIpc) is 2.47. The summed E-state index contributed by atoms with van der Waals surface area (Å²) >= 11 is 0. The summed E-state index contributed by atoms with van der Waals surface area (Å²) < 4.78 is 0. The zero-order valence-electron chi connectivity index (χ0n) is 8.24. The Hall–Kier alpha value is -1.59. The van der Waals surface area contributed by atoms with Crippen LogP contribution in [0.4, 0.5) is 5.95 Å². The Morgan fingerprint density at radius 1 is 1.64 bits per heavy atom. The van der Waals surface area contributed by atoms with Gasteiger partial charge in [-0.05, 0) is 13.8 Å². The minimum atomic E-state index is -0.834. The topological polar surface area (TPSA) is 90.9 Å². The van der Waals surface area contributed by atoms with Crippen molar-refractivity contribution in [2.24, 2.45) is 0 Å². The fraction of sp³-hybridized carbons (Fsp3) is 0.625. The van der Waals surface area contributed by atoms with Crippen molar-refractivity contribution in [3.8, 4) is 0 Å². The second kappa shape index (κ2) is 4.59. The summed E-state index contributed by atoms with van der Waals surface area (Å²) in [6.45, 7) is 3.96. The van der Waals surface area contributed by atoms with Crippen LogP contribution in [0.2, 0.25) is 0 Å². The Morgan fingerprint density at radius 2 is 2.36 bits per heavy atom. The number of aryl methyl sites for hydroxylation is 1. The first-order valence-electron chi connectivity index (χ1n) is 4.47. The first kappa shape index (κ1) is 10.5. The summed E-state index contributed by atoms with van der Waals surface area (Å²) in [5.74, 6) is 0.274. The summed E-state index contributed by atoms with van der Waals surface area (Å²) in [7, 11) is 0. The van der Waals surface area contributed by atoms with Gasteiger partial charge in [0.2, 0.25) is 5.95 Å². The number of carboxylic acid groups (broad SMARTS) is 1. The number of hydrogen-bond acceptors (Lipinski definition) is 4. The zero-order valence-corrected chi connectivity index (χ0v) is 8.24. The molecule has 14 heavy (non-hydrogen) atoms. The van der Waals surface area contributed by atoms with Crippen molar-refractivity contribution >= 4 is 11.9 Å². The number of anilines is 1. The highest BCUT2D eigenvalue weighted by molar-refractivity contribution is 5.66. The molecule has 6 heteroatoms. The van der Waals surface area contributed by atoms with E-state index in [1.165, 1.54) is 0 Å². The number of nitrogens with zero attached hydrogens (tertiary/aromatic N) is 2. The molecule has 6 nitrogen and oxygen atoms in total. The van der Waals surface area contributed by atoms with Crippen LogP contribution in [0.15, 0.2) is 0 Å². The van der Waals surface area contributed by atoms with Gasteiger partial charge in [-0.15, -0.1) is 5.10 Å². The minimum absolute atomic E-state index is 0.0658. The van der Waals surface area contributed by atoms with Gasteiger partial charge < -0.3 is 10.4 Å². The average molecular weight is 198 g/mol. The third kappa shape index (κ3) is 3.42. The quantitative estimate of drug-likeness (QED) is 0.646. The van der Waals surface area contributed by atoms with E-state index in [0.717, 1.165) is 0 Å². The standard InChI is InChI=1S/C8H14N4O2/c1-5(2)9-8-10-6(11-12-8)3-4-7(13)14/h5H,3-4H2,1-2H3,(H,13,14)(H2,9,10,11,12). The van der Waals surface area contributed by atoms with Crippen LogP contribution in [0, 0.1) is 0 Å². The number of carboxylic acids is 1. The van der Waals surface area contributed by atoms with Crippen LogP contribution in [0.3, 0.4) is 0 Å². The number of aliphatic carboxylic acids is 1. The zero-order chi connectivity index (χ0) is 10.6. The van der Waals surface area contributed by atoms with Crippen LogP contribution < -0.4 is 5.32 Å². The Bertz CT molecular complexity index is 308. The molecular weight excluding hydrogens is 184 g/mol. The molecule has 0 fully saturated rings. The maximum absolute atomic E-state index is 10.3. The molecule has 0 bridgehead atoms. The molecule has 0 aliphatic rings. The molecule has 3 N–H and O–H groups in total. The number of carbonyl (C=O) groups is 1. The van der Waals surface area contributed by atoms with Crippen molar-refractivity contribution < 1.29 is 9.90 Å². The normalized spacial score (nSPS) is 10.5. The largest absolute Gasteiger partial charge is 0.481 e. The molecule has 0 saturated carbocycles. The summed E-state index contributed by atoms with van der Waals surface area (Å²) in [4.78, 5) is 14.4. The van der Waals surface area contributed by atoms with E-state index >= 15 is 0 Å². The molecule has 1 aromatic heterocycles. The van der Waals surface area contributed by atoms with E-state index < -0.39 is 5.97 Å². The van der Waals surface area contributed by atoms with Crippen molar-refractivity contribution in [2.45, 2.75) is 32.7 Å². The molecule has 0 radical (unpaired) electrons. The Labute approximate surface area is 81.7 Å². The molecule has 0 saturated heterocycles. The molecule has 1 heterocycles. The highest BCUT2D eigenvalue weighted by atomic mass is 16.4. The van der Waals surface area contributed by atoms with Crippen molar-refractivity contribution in [3.05, 3.63) is 5.82 Å². The molecule has 0 aliphatic carbocycles. The smallest absolute Gasteiger partial charge is 0.303 e. The van der Waals surface area contributed by atoms with Crippen LogP contribution in [0.5, 0.6) is 0 Å². The van der Waals surface area contributed by atoms with Gasteiger partial charge in [-0.1, -0.05) is 0 Å². The molecule has 78 valence electrons. The second-order valence-electron chi connectivity index (χ2n) is 3.30. The van der Waals surface area contributed by atoms with E-state index in [2.05, 4.69) is 20.5 Å². The Balaban J connectivity index is 2.46. The highest BCUT2D eigenvalue weighted by Gasteiger charge is 2.05. The van der Waals surface area contributed by atoms with Gasteiger partial charge in [-0.2, -0.15) is 4.98 Å². The fourth-order valence-electron chi connectivity index (χ4n) is 0.955. The predicted octanol–water partition coefficient (Wildman–Crippen LogP) is 0.642. The highest BCUT2D eigenvalue weighted by Crippen LogP contribution is 2.02.